The van der Waals surface area contributed by atoms with Crippen molar-refractivity contribution in [1.29, 1.82) is 5.26 Å². The molecule has 1 aromatic carbocycles. The second-order valence-electron chi connectivity index (χ2n) is 3.26. The predicted octanol–water partition coefficient (Wildman–Crippen LogP) is 1.06. The van der Waals surface area contributed by atoms with E-state index in [2.05, 4.69) is 5.32 Å². The van der Waals surface area contributed by atoms with E-state index in [9.17, 15) is 4.79 Å². The Hall–Kier alpha value is -1.86. The van der Waals surface area contributed by atoms with Crippen LogP contribution in [0.2, 0.25) is 0 Å². The molecule has 1 atom stereocenters. The fourth-order valence-corrected chi connectivity index (χ4v) is 1.31. The molecule has 0 fully saturated rings. The van der Waals surface area contributed by atoms with Crippen LogP contribution in [0.5, 0.6) is 0 Å². The van der Waals surface area contributed by atoms with Gasteiger partial charge in [0.1, 0.15) is 5.92 Å². The number of ether oxygens (including phenoxy) is 1. The molecule has 0 saturated carbocycles. The fraction of sp³-hybridized carbons (Fsp3) is 0.333. The molecule has 0 saturated heterocycles. The summed E-state index contributed by atoms with van der Waals surface area (Å²) in [5.74, 6) is -1.04. The molecule has 0 aliphatic carbocycles. The van der Waals surface area contributed by atoms with E-state index in [1.807, 2.05) is 24.3 Å². The summed E-state index contributed by atoms with van der Waals surface area (Å²) in [6.07, 6.45) is 0. The molecule has 0 radical (unpaired) electrons. The monoisotopic (exact) mass is 218 g/mol. The zero-order valence-electron chi connectivity index (χ0n) is 9.14. The van der Waals surface area contributed by atoms with Crippen LogP contribution >= 0.6 is 0 Å². The first kappa shape index (κ1) is 12.2. The van der Waals surface area contributed by atoms with Crippen LogP contribution in [0.3, 0.4) is 0 Å². The van der Waals surface area contributed by atoms with E-state index in [0.29, 0.717) is 18.7 Å². The largest absolute Gasteiger partial charge is 0.383 e. The van der Waals surface area contributed by atoms with Gasteiger partial charge < -0.3 is 10.1 Å². The molecule has 4 nitrogen and oxygen atoms in total. The summed E-state index contributed by atoms with van der Waals surface area (Å²) in [6, 6.07) is 11.0. The average Bonchev–Trinajstić information content (AvgIpc) is 2.32. The van der Waals surface area contributed by atoms with Crippen LogP contribution in [0, 0.1) is 11.3 Å². The lowest BCUT2D eigenvalue weighted by molar-refractivity contribution is -0.121. The molecule has 1 unspecified atom stereocenters. The molecule has 16 heavy (non-hydrogen) atoms. The quantitative estimate of drug-likeness (QED) is 0.751. The van der Waals surface area contributed by atoms with Gasteiger partial charge in [0.15, 0.2) is 0 Å². The van der Waals surface area contributed by atoms with Crippen LogP contribution in [0.1, 0.15) is 11.5 Å². The molecule has 0 spiro atoms. The van der Waals surface area contributed by atoms with Gasteiger partial charge in [0.05, 0.1) is 12.7 Å². The van der Waals surface area contributed by atoms with Gasteiger partial charge in [-0.1, -0.05) is 30.3 Å². The van der Waals surface area contributed by atoms with Gasteiger partial charge in [-0.2, -0.15) is 5.26 Å². The Bertz CT molecular complexity index is 370. The highest BCUT2D eigenvalue weighted by molar-refractivity contribution is 5.86. The summed E-state index contributed by atoms with van der Waals surface area (Å²) in [4.78, 5) is 11.7. The molecule has 1 rings (SSSR count). The number of carbonyl (C=O) groups excluding carboxylic acids is 1. The third kappa shape index (κ3) is 3.37. The van der Waals surface area contributed by atoms with Crippen molar-refractivity contribution in [2.24, 2.45) is 0 Å². The molecule has 84 valence electrons. The van der Waals surface area contributed by atoms with Gasteiger partial charge in [-0.05, 0) is 5.56 Å². The zero-order valence-corrected chi connectivity index (χ0v) is 9.14. The Kier molecular flexibility index (Phi) is 5.03. The number of nitrogens with one attached hydrogen (secondary N) is 1. The highest BCUT2D eigenvalue weighted by Gasteiger charge is 2.18. The Morgan fingerprint density at radius 3 is 2.75 bits per heavy atom. The number of methoxy groups -OCH3 is 1. The van der Waals surface area contributed by atoms with Crippen molar-refractivity contribution >= 4 is 5.91 Å². The first-order chi connectivity index (χ1) is 7.79. The Labute approximate surface area is 94.8 Å². The summed E-state index contributed by atoms with van der Waals surface area (Å²) in [6.45, 7) is 0.860. The SMILES string of the molecule is COCCNC(=O)C(C#N)c1ccccc1. The lowest BCUT2D eigenvalue weighted by Gasteiger charge is -2.09. The molecular weight excluding hydrogens is 204 g/mol. The average molecular weight is 218 g/mol. The molecule has 0 bridgehead atoms. The van der Waals surface area contributed by atoms with Crippen molar-refractivity contribution in [1.82, 2.24) is 5.32 Å². The van der Waals surface area contributed by atoms with Crippen LogP contribution in [-0.2, 0) is 9.53 Å². The standard InChI is InChI=1S/C12H14N2O2/c1-16-8-7-14-12(15)11(9-13)10-5-3-2-4-6-10/h2-6,11H,7-8H2,1H3,(H,14,15). The normalized spacial score (nSPS) is 11.5. The van der Waals surface area contributed by atoms with E-state index >= 15 is 0 Å². The van der Waals surface area contributed by atoms with Crippen molar-refractivity contribution in [2.75, 3.05) is 20.3 Å². The maximum atomic E-state index is 11.7. The summed E-state index contributed by atoms with van der Waals surface area (Å²) >= 11 is 0. The minimum absolute atomic E-state index is 0.286. The van der Waals surface area contributed by atoms with Crippen LogP contribution in [0.25, 0.3) is 0 Å². The topological polar surface area (TPSA) is 62.1 Å². The van der Waals surface area contributed by atoms with Crippen molar-refractivity contribution in [3.8, 4) is 6.07 Å². The first-order valence-corrected chi connectivity index (χ1v) is 5.00. The maximum absolute atomic E-state index is 11.7. The van der Waals surface area contributed by atoms with Crippen molar-refractivity contribution in [3.63, 3.8) is 0 Å². The van der Waals surface area contributed by atoms with Gasteiger partial charge in [-0.15, -0.1) is 0 Å². The van der Waals surface area contributed by atoms with E-state index in [1.165, 1.54) is 0 Å². The summed E-state index contributed by atoms with van der Waals surface area (Å²) < 4.78 is 4.81. The summed E-state index contributed by atoms with van der Waals surface area (Å²) in [7, 11) is 1.56. The molecule has 0 aliphatic rings. The number of amides is 1. The van der Waals surface area contributed by atoms with E-state index < -0.39 is 5.92 Å². The Balaban J connectivity index is 2.62. The molecular formula is C12H14N2O2. The van der Waals surface area contributed by atoms with Gasteiger partial charge in [0, 0.05) is 13.7 Å². The van der Waals surface area contributed by atoms with Crippen LogP contribution in [0.4, 0.5) is 0 Å². The Morgan fingerprint density at radius 2 is 2.19 bits per heavy atom. The van der Waals surface area contributed by atoms with Gasteiger partial charge in [0.2, 0.25) is 5.91 Å². The molecule has 0 aliphatic heterocycles. The molecule has 1 N–H and O–H groups in total. The van der Waals surface area contributed by atoms with Gasteiger partial charge >= 0.3 is 0 Å². The second-order valence-corrected chi connectivity index (χ2v) is 3.26. The van der Waals surface area contributed by atoms with Gasteiger partial charge in [-0.3, -0.25) is 4.79 Å². The smallest absolute Gasteiger partial charge is 0.241 e. The molecule has 1 aromatic rings. The minimum atomic E-state index is -0.752. The highest BCUT2D eigenvalue weighted by Crippen LogP contribution is 2.14. The van der Waals surface area contributed by atoms with E-state index in [0.717, 1.165) is 0 Å². The number of nitrogens with zero attached hydrogens (tertiary/aromatic N) is 1. The lowest BCUT2D eigenvalue weighted by Crippen LogP contribution is -2.31. The number of benzene rings is 1. The number of rotatable bonds is 5. The summed E-state index contributed by atoms with van der Waals surface area (Å²) in [5.41, 5.74) is 0.708. The van der Waals surface area contributed by atoms with Crippen molar-refractivity contribution in [2.45, 2.75) is 5.92 Å². The minimum Gasteiger partial charge on any atom is -0.383 e. The number of nitriles is 1. The third-order valence-corrected chi connectivity index (χ3v) is 2.13. The van der Waals surface area contributed by atoms with E-state index in [-0.39, 0.29) is 5.91 Å². The number of hydrogen-bond acceptors (Lipinski definition) is 3. The number of hydrogen-bond donors (Lipinski definition) is 1. The molecule has 4 heteroatoms. The van der Waals surface area contributed by atoms with Gasteiger partial charge in [0.25, 0.3) is 0 Å². The Morgan fingerprint density at radius 1 is 1.50 bits per heavy atom. The van der Waals surface area contributed by atoms with E-state index in [4.69, 9.17) is 10.00 Å². The third-order valence-electron chi connectivity index (χ3n) is 2.13. The first-order valence-electron chi connectivity index (χ1n) is 5.00. The van der Waals surface area contributed by atoms with Gasteiger partial charge in [-0.25, -0.2) is 0 Å². The lowest BCUT2D eigenvalue weighted by atomic mass is 10.00. The molecule has 0 aromatic heterocycles. The van der Waals surface area contributed by atoms with Crippen LogP contribution < -0.4 is 5.32 Å². The second kappa shape index (κ2) is 6.59. The summed E-state index contributed by atoms with van der Waals surface area (Å²) in [5, 5.41) is 11.6. The molecule has 1 amide bonds. The van der Waals surface area contributed by atoms with Crippen molar-refractivity contribution in [3.05, 3.63) is 35.9 Å². The zero-order chi connectivity index (χ0) is 11.8. The fourth-order valence-electron chi connectivity index (χ4n) is 1.31. The highest BCUT2D eigenvalue weighted by atomic mass is 16.5. The van der Waals surface area contributed by atoms with E-state index in [1.54, 1.807) is 19.2 Å². The molecule has 0 heterocycles. The maximum Gasteiger partial charge on any atom is 0.241 e. The number of carbonyl (C=O) groups is 1. The predicted molar refractivity (Wildman–Crippen MR) is 59.7 cm³/mol. The van der Waals surface area contributed by atoms with Crippen LogP contribution in [-0.4, -0.2) is 26.2 Å². The van der Waals surface area contributed by atoms with Crippen LogP contribution in [0.15, 0.2) is 30.3 Å². The van der Waals surface area contributed by atoms with Crippen molar-refractivity contribution < 1.29 is 9.53 Å².